The Balaban J connectivity index is 1.63. The first-order valence-electron chi connectivity index (χ1n) is 9.89. The second-order valence-corrected chi connectivity index (χ2v) is 9.24. The van der Waals surface area contributed by atoms with Crippen molar-refractivity contribution in [2.75, 3.05) is 0 Å². The maximum absolute atomic E-state index is 14.4. The third-order valence-electron chi connectivity index (χ3n) is 5.36. The molecule has 0 radical (unpaired) electrons. The van der Waals surface area contributed by atoms with E-state index in [2.05, 4.69) is 0 Å². The fraction of sp³-hybridized carbons (Fsp3) is 0.167. The molecule has 0 N–H and O–H groups in total. The van der Waals surface area contributed by atoms with E-state index in [4.69, 9.17) is 10.00 Å². The summed E-state index contributed by atoms with van der Waals surface area (Å²) in [5.74, 6) is -1.60. The number of hydrogen-bond acceptors (Lipinski definition) is 5. The van der Waals surface area contributed by atoms with Gasteiger partial charge in [0.2, 0.25) is 10.0 Å². The average molecular weight is 450 g/mol. The van der Waals surface area contributed by atoms with Gasteiger partial charge in [-0.05, 0) is 41.0 Å². The molecule has 0 aromatic heterocycles. The molecule has 6 nitrogen and oxygen atoms in total. The van der Waals surface area contributed by atoms with Crippen molar-refractivity contribution in [1.82, 2.24) is 4.31 Å². The van der Waals surface area contributed by atoms with Gasteiger partial charge in [-0.15, -0.1) is 0 Å². The summed E-state index contributed by atoms with van der Waals surface area (Å²) in [6.45, 7) is -0.139. The zero-order valence-electron chi connectivity index (χ0n) is 16.9. The molecule has 0 saturated heterocycles. The van der Waals surface area contributed by atoms with Crippen LogP contribution < -0.4 is 0 Å². The summed E-state index contributed by atoms with van der Waals surface area (Å²) in [6.07, 6.45) is 0.121. The number of carbonyl (C=O) groups is 1. The zero-order valence-corrected chi connectivity index (χ0v) is 17.8. The Kier molecular flexibility index (Phi) is 6.04. The minimum atomic E-state index is -4.30. The lowest BCUT2D eigenvalue weighted by molar-refractivity contribution is -0.150. The number of halogens is 1. The second kappa shape index (κ2) is 8.91. The lowest BCUT2D eigenvalue weighted by atomic mass is 9.96. The van der Waals surface area contributed by atoms with E-state index < -0.39 is 32.7 Å². The van der Waals surface area contributed by atoms with Gasteiger partial charge in [-0.2, -0.15) is 9.57 Å². The van der Waals surface area contributed by atoms with Crippen LogP contribution in [-0.2, 0) is 39.1 Å². The standard InChI is InChI=1S/C24H19FN2O4S/c25-21-7-3-4-8-23(21)32(29,30)27-15-20-6-2-1-5-19(20)13-22(27)24(28)31-16-18-11-9-17(14-26)10-12-18/h1-12,22H,13,15-16H2/t22-/m1/s1. The quantitative estimate of drug-likeness (QED) is 0.555. The van der Waals surface area contributed by atoms with E-state index in [1.54, 1.807) is 36.4 Å². The number of sulfonamides is 1. The highest BCUT2D eigenvalue weighted by Gasteiger charge is 2.41. The molecule has 3 aromatic rings. The molecule has 0 bridgehead atoms. The van der Waals surface area contributed by atoms with Crippen molar-refractivity contribution in [3.05, 3.63) is 101 Å². The van der Waals surface area contributed by atoms with Crippen molar-refractivity contribution in [2.24, 2.45) is 0 Å². The van der Waals surface area contributed by atoms with Gasteiger partial charge in [-0.1, -0.05) is 48.5 Å². The van der Waals surface area contributed by atoms with Gasteiger partial charge < -0.3 is 4.74 Å². The van der Waals surface area contributed by atoms with E-state index in [0.29, 0.717) is 11.1 Å². The monoisotopic (exact) mass is 450 g/mol. The van der Waals surface area contributed by atoms with Crippen LogP contribution in [-0.4, -0.2) is 24.7 Å². The van der Waals surface area contributed by atoms with Crippen LogP contribution in [0.2, 0.25) is 0 Å². The number of carbonyl (C=O) groups excluding carboxylic acids is 1. The molecule has 1 heterocycles. The highest BCUT2D eigenvalue weighted by molar-refractivity contribution is 7.89. The first-order chi connectivity index (χ1) is 15.4. The Labute approximate surface area is 185 Å². The number of benzene rings is 3. The second-order valence-electron chi connectivity index (χ2n) is 7.39. The summed E-state index contributed by atoms with van der Waals surface area (Å²) < 4.78 is 47.4. The van der Waals surface area contributed by atoms with Crippen molar-refractivity contribution in [3.63, 3.8) is 0 Å². The molecule has 0 unspecified atom stereocenters. The lowest BCUT2D eigenvalue weighted by Gasteiger charge is -2.34. The van der Waals surface area contributed by atoms with Crippen LogP contribution in [0.3, 0.4) is 0 Å². The highest BCUT2D eigenvalue weighted by Crippen LogP contribution is 2.30. The predicted octanol–water partition coefficient (Wildman–Crippen LogP) is 3.56. The Morgan fingerprint density at radius 2 is 1.69 bits per heavy atom. The van der Waals surface area contributed by atoms with Gasteiger partial charge >= 0.3 is 5.97 Å². The van der Waals surface area contributed by atoms with Gasteiger partial charge in [0.15, 0.2) is 0 Å². The van der Waals surface area contributed by atoms with Crippen LogP contribution in [0.5, 0.6) is 0 Å². The summed E-state index contributed by atoms with van der Waals surface area (Å²) in [6, 6.07) is 19.7. The van der Waals surface area contributed by atoms with Crippen LogP contribution in [0.15, 0.2) is 77.7 Å². The topological polar surface area (TPSA) is 87.5 Å². The van der Waals surface area contributed by atoms with Crippen LogP contribution in [0, 0.1) is 17.1 Å². The number of nitriles is 1. The molecule has 8 heteroatoms. The maximum Gasteiger partial charge on any atom is 0.325 e. The Bertz CT molecular complexity index is 1300. The van der Waals surface area contributed by atoms with Gasteiger partial charge in [-0.25, -0.2) is 12.8 Å². The third kappa shape index (κ3) is 4.26. The third-order valence-corrected chi connectivity index (χ3v) is 7.25. The fourth-order valence-electron chi connectivity index (χ4n) is 3.66. The normalized spacial score (nSPS) is 16.1. The summed E-state index contributed by atoms with van der Waals surface area (Å²) in [5, 5.41) is 8.89. The van der Waals surface area contributed by atoms with Crippen LogP contribution in [0.1, 0.15) is 22.3 Å². The average Bonchev–Trinajstić information content (AvgIpc) is 2.82. The molecule has 1 aliphatic heterocycles. The molecule has 0 spiro atoms. The molecule has 1 aliphatic rings. The van der Waals surface area contributed by atoms with E-state index in [-0.39, 0.29) is 19.6 Å². The van der Waals surface area contributed by atoms with Gasteiger partial charge in [0, 0.05) is 13.0 Å². The summed E-state index contributed by atoms with van der Waals surface area (Å²) in [4.78, 5) is 12.5. The first kappa shape index (κ1) is 21.7. The molecule has 0 aliphatic carbocycles. The van der Waals surface area contributed by atoms with Crippen LogP contribution >= 0.6 is 0 Å². The highest BCUT2D eigenvalue weighted by atomic mass is 32.2. The Hall–Kier alpha value is -3.54. The van der Waals surface area contributed by atoms with Crippen molar-refractivity contribution in [3.8, 4) is 6.07 Å². The molecular formula is C24H19FN2O4S. The van der Waals surface area contributed by atoms with Gasteiger partial charge in [0.25, 0.3) is 0 Å². The van der Waals surface area contributed by atoms with Crippen molar-refractivity contribution in [2.45, 2.75) is 30.5 Å². The van der Waals surface area contributed by atoms with Crippen LogP contribution in [0.4, 0.5) is 4.39 Å². The van der Waals surface area contributed by atoms with Gasteiger partial charge in [-0.3, -0.25) is 4.79 Å². The smallest absolute Gasteiger partial charge is 0.325 e. The molecule has 3 aromatic carbocycles. The Morgan fingerprint density at radius 3 is 2.38 bits per heavy atom. The van der Waals surface area contributed by atoms with Crippen molar-refractivity contribution < 1.29 is 22.3 Å². The first-order valence-corrected chi connectivity index (χ1v) is 11.3. The van der Waals surface area contributed by atoms with Crippen molar-refractivity contribution >= 4 is 16.0 Å². The molecule has 1 atom stereocenters. The number of fused-ring (bicyclic) bond motifs is 1. The number of nitrogens with zero attached hydrogens (tertiary/aromatic N) is 2. The van der Waals surface area contributed by atoms with E-state index in [0.717, 1.165) is 21.5 Å². The summed E-state index contributed by atoms with van der Waals surface area (Å²) in [7, 11) is -4.30. The molecule has 32 heavy (non-hydrogen) atoms. The molecule has 0 saturated carbocycles. The van der Waals surface area contributed by atoms with E-state index in [9.17, 15) is 17.6 Å². The summed E-state index contributed by atoms with van der Waals surface area (Å²) in [5.41, 5.74) is 2.74. The fourth-order valence-corrected chi connectivity index (χ4v) is 5.28. The van der Waals surface area contributed by atoms with E-state index in [1.165, 1.54) is 18.2 Å². The number of rotatable bonds is 5. The lowest BCUT2D eigenvalue weighted by Crippen LogP contribution is -2.49. The number of esters is 1. The molecule has 162 valence electrons. The molecular weight excluding hydrogens is 431 g/mol. The summed E-state index contributed by atoms with van der Waals surface area (Å²) >= 11 is 0. The molecule has 0 fully saturated rings. The minimum absolute atomic E-state index is 0.0660. The van der Waals surface area contributed by atoms with Crippen LogP contribution in [0.25, 0.3) is 0 Å². The minimum Gasteiger partial charge on any atom is -0.460 e. The van der Waals surface area contributed by atoms with Gasteiger partial charge in [0.05, 0.1) is 11.6 Å². The zero-order chi connectivity index (χ0) is 22.7. The number of hydrogen-bond donors (Lipinski definition) is 0. The van der Waals surface area contributed by atoms with Crippen molar-refractivity contribution in [1.29, 1.82) is 5.26 Å². The van der Waals surface area contributed by atoms with E-state index in [1.807, 2.05) is 18.2 Å². The number of ether oxygens (including phenoxy) is 1. The largest absolute Gasteiger partial charge is 0.460 e. The van der Waals surface area contributed by atoms with E-state index >= 15 is 0 Å². The molecule has 4 rings (SSSR count). The Morgan fingerprint density at radius 1 is 1.03 bits per heavy atom. The SMILES string of the molecule is N#Cc1ccc(COC(=O)[C@H]2Cc3ccccc3CN2S(=O)(=O)c2ccccc2F)cc1. The molecule has 0 amide bonds. The predicted molar refractivity (Wildman–Crippen MR) is 114 cm³/mol. The van der Waals surface area contributed by atoms with Gasteiger partial charge in [0.1, 0.15) is 23.4 Å². The maximum atomic E-state index is 14.4.